The maximum absolute atomic E-state index is 12.6. The summed E-state index contributed by atoms with van der Waals surface area (Å²) in [5.74, 6) is 0.860. The fraction of sp³-hybridized carbons (Fsp3) is 0.941. The highest BCUT2D eigenvalue weighted by atomic mass is 16.5. The van der Waals surface area contributed by atoms with Crippen LogP contribution in [-0.2, 0) is 9.53 Å². The van der Waals surface area contributed by atoms with Gasteiger partial charge in [0.15, 0.2) is 0 Å². The molecule has 122 valence electrons. The Labute approximate surface area is 129 Å². The number of nitrogens with one attached hydrogen (secondary N) is 1. The predicted octanol–water partition coefficient (Wildman–Crippen LogP) is 2.92. The van der Waals surface area contributed by atoms with Gasteiger partial charge in [-0.15, -0.1) is 0 Å². The lowest BCUT2D eigenvalue weighted by molar-refractivity contribution is -0.143. The molecule has 0 aromatic rings. The summed E-state index contributed by atoms with van der Waals surface area (Å²) in [6.07, 6.45) is 5.23. The van der Waals surface area contributed by atoms with Crippen molar-refractivity contribution in [2.45, 2.75) is 90.6 Å². The van der Waals surface area contributed by atoms with E-state index in [9.17, 15) is 4.79 Å². The summed E-state index contributed by atoms with van der Waals surface area (Å²) in [6, 6.07) is 0.279. The van der Waals surface area contributed by atoms with Crippen LogP contribution < -0.4 is 5.32 Å². The lowest BCUT2D eigenvalue weighted by Crippen LogP contribution is -2.52. The first-order valence-electron chi connectivity index (χ1n) is 8.64. The number of carbonyl (C=O) groups excluding carboxylic acids is 1. The standard InChI is InChI=1S/C17H32N2O2/c1-6-17(7-2)11-14(8-9-21-17)19-15(10-12(3)4)18-13(5)16(19)20/h12-15,18H,6-11H2,1-5H3. The minimum atomic E-state index is -0.0470. The van der Waals surface area contributed by atoms with E-state index in [1.807, 2.05) is 6.92 Å². The van der Waals surface area contributed by atoms with Crippen LogP contribution in [0.2, 0.25) is 0 Å². The van der Waals surface area contributed by atoms with Crippen molar-refractivity contribution in [1.29, 1.82) is 0 Å². The van der Waals surface area contributed by atoms with Crippen molar-refractivity contribution in [3.8, 4) is 0 Å². The van der Waals surface area contributed by atoms with Crippen LogP contribution in [0.25, 0.3) is 0 Å². The van der Waals surface area contributed by atoms with Gasteiger partial charge < -0.3 is 9.64 Å². The molecule has 2 heterocycles. The molecule has 0 bridgehead atoms. The first-order valence-corrected chi connectivity index (χ1v) is 8.64. The summed E-state index contributed by atoms with van der Waals surface area (Å²) < 4.78 is 6.07. The van der Waals surface area contributed by atoms with Gasteiger partial charge in [0.2, 0.25) is 5.91 Å². The Kier molecular flexibility index (Phi) is 5.31. The van der Waals surface area contributed by atoms with Gasteiger partial charge >= 0.3 is 0 Å². The van der Waals surface area contributed by atoms with E-state index in [2.05, 4.69) is 37.9 Å². The average molecular weight is 296 g/mol. The zero-order chi connectivity index (χ0) is 15.6. The number of amides is 1. The number of hydrogen-bond donors (Lipinski definition) is 1. The lowest BCUT2D eigenvalue weighted by Gasteiger charge is -2.44. The fourth-order valence-electron chi connectivity index (χ4n) is 3.86. The molecule has 21 heavy (non-hydrogen) atoms. The number of rotatable bonds is 5. The molecule has 0 spiro atoms. The van der Waals surface area contributed by atoms with Gasteiger partial charge in [0, 0.05) is 12.6 Å². The molecule has 3 atom stereocenters. The third-order valence-corrected chi connectivity index (χ3v) is 5.25. The van der Waals surface area contributed by atoms with Crippen LogP contribution in [0.3, 0.4) is 0 Å². The third kappa shape index (κ3) is 3.42. The molecule has 0 saturated carbocycles. The molecule has 0 aromatic carbocycles. The minimum absolute atomic E-state index is 0.0304. The molecule has 2 aliphatic rings. The van der Waals surface area contributed by atoms with Crippen molar-refractivity contribution < 1.29 is 9.53 Å². The van der Waals surface area contributed by atoms with E-state index in [4.69, 9.17) is 4.74 Å². The summed E-state index contributed by atoms with van der Waals surface area (Å²) in [5.41, 5.74) is -0.0304. The molecule has 1 N–H and O–H groups in total. The maximum atomic E-state index is 12.6. The molecule has 0 aliphatic carbocycles. The zero-order valence-corrected chi connectivity index (χ0v) is 14.3. The summed E-state index contributed by atoms with van der Waals surface area (Å²) >= 11 is 0. The molecule has 4 heteroatoms. The third-order valence-electron chi connectivity index (χ3n) is 5.25. The van der Waals surface area contributed by atoms with Crippen molar-refractivity contribution in [3.63, 3.8) is 0 Å². The van der Waals surface area contributed by atoms with E-state index in [0.29, 0.717) is 12.0 Å². The SMILES string of the molecule is CCC1(CC)CC(N2C(=O)C(C)NC2CC(C)C)CCO1. The van der Waals surface area contributed by atoms with E-state index >= 15 is 0 Å². The number of nitrogens with zero attached hydrogens (tertiary/aromatic N) is 1. The van der Waals surface area contributed by atoms with Crippen molar-refractivity contribution in [1.82, 2.24) is 10.2 Å². The van der Waals surface area contributed by atoms with E-state index in [1.165, 1.54) is 0 Å². The largest absolute Gasteiger partial charge is 0.375 e. The van der Waals surface area contributed by atoms with Crippen molar-refractivity contribution in [2.24, 2.45) is 5.92 Å². The van der Waals surface area contributed by atoms with Crippen molar-refractivity contribution in [2.75, 3.05) is 6.61 Å². The van der Waals surface area contributed by atoms with Crippen LogP contribution in [0.5, 0.6) is 0 Å². The molecule has 0 radical (unpaired) electrons. The monoisotopic (exact) mass is 296 g/mol. The molecular formula is C17H32N2O2. The summed E-state index contributed by atoms with van der Waals surface area (Å²) in [4.78, 5) is 14.8. The molecule has 4 nitrogen and oxygen atoms in total. The minimum Gasteiger partial charge on any atom is -0.375 e. The summed E-state index contributed by atoms with van der Waals surface area (Å²) in [7, 11) is 0. The van der Waals surface area contributed by atoms with Gasteiger partial charge in [-0.05, 0) is 44.9 Å². The average Bonchev–Trinajstić information content (AvgIpc) is 2.73. The second-order valence-corrected chi connectivity index (χ2v) is 7.16. The molecule has 2 rings (SSSR count). The Morgan fingerprint density at radius 1 is 1.38 bits per heavy atom. The Morgan fingerprint density at radius 3 is 2.62 bits per heavy atom. The highest BCUT2D eigenvalue weighted by Gasteiger charge is 2.45. The van der Waals surface area contributed by atoms with E-state index in [-0.39, 0.29) is 23.7 Å². The number of hydrogen-bond acceptors (Lipinski definition) is 3. The molecule has 3 unspecified atom stereocenters. The van der Waals surface area contributed by atoms with Gasteiger partial charge in [0.25, 0.3) is 0 Å². The predicted molar refractivity (Wildman–Crippen MR) is 85.0 cm³/mol. The Morgan fingerprint density at radius 2 is 2.05 bits per heavy atom. The van der Waals surface area contributed by atoms with Crippen LogP contribution in [0, 0.1) is 5.92 Å². The number of ether oxygens (including phenoxy) is 1. The van der Waals surface area contributed by atoms with Gasteiger partial charge in [-0.3, -0.25) is 10.1 Å². The van der Waals surface area contributed by atoms with Crippen LogP contribution in [0.15, 0.2) is 0 Å². The highest BCUT2D eigenvalue weighted by Crippen LogP contribution is 2.36. The Bertz CT molecular complexity index is 366. The highest BCUT2D eigenvalue weighted by molar-refractivity contribution is 5.84. The molecule has 2 aliphatic heterocycles. The van der Waals surface area contributed by atoms with E-state index in [0.717, 1.165) is 38.7 Å². The maximum Gasteiger partial charge on any atom is 0.240 e. The fourth-order valence-corrected chi connectivity index (χ4v) is 3.86. The molecule has 2 saturated heterocycles. The van der Waals surface area contributed by atoms with E-state index in [1.54, 1.807) is 0 Å². The first-order chi connectivity index (χ1) is 9.92. The molecular weight excluding hydrogens is 264 g/mol. The summed E-state index contributed by atoms with van der Waals surface area (Å²) in [5, 5.41) is 3.48. The topological polar surface area (TPSA) is 41.6 Å². The molecule has 0 aromatic heterocycles. The number of carbonyl (C=O) groups is 1. The Hall–Kier alpha value is -0.610. The van der Waals surface area contributed by atoms with Gasteiger partial charge in [0.1, 0.15) is 0 Å². The first kappa shape index (κ1) is 16.8. The normalized spacial score (nSPS) is 33.0. The van der Waals surface area contributed by atoms with Crippen LogP contribution in [0.4, 0.5) is 0 Å². The zero-order valence-electron chi connectivity index (χ0n) is 14.3. The quantitative estimate of drug-likeness (QED) is 0.848. The van der Waals surface area contributed by atoms with Gasteiger partial charge in [-0.2, -0.15) is 0 Å². The van der Waals surface area contributed by atoms with Gasteiger partial charge in [-0.25, -0.2) is 0 Å². The van der Waals surface area contributed by atoms with Crippen molar-refractivity contribution in [3.05, 3.63) is 0 Å². The molecule has 2 fully saturated rings. The van der Waals surface area contributed by atoms with Gasteiger partial charge in [0.05, 0.1) is 17.8 Å². The van der Waals surface area contributed by atoms with Gasteiger partial charge in [-0.1, -0.05) is 27.7 Å². The Balaban J connectivity index is 2.15. The summed E-state index contributed by atoms with van der Waals surface area (Å²) in [6.45, 7) is 11.6. The molecule has 1 amide bonds. The van der Waals surface area contributed by atoms with Crippen LogP contribution in [0.1, 0.15) is 66.7 Å². The second-order valence-electron chi connectivity index (χ2n) is 7.16. The van der Waals surface area contributed by atoms with Crippen LogP contribution in [-0.4, -0.2) is 41.3 Å². The van der Waals surface area contributed by atoms with Crippen molar-refractivity contribution >= 4 is 5.91 Å². The van der Waals surface area contributed by atoms with E-state index < -0.39 is 0 Å². The van der Waals surface area contributed by atoms with Crippen LogP contribution >= 0.6 is 0 Å². The second kappa shape index (κ2) is 6.66. The lowest BCUT2D eigenvalue weighted by atomic mass is 9.85. The smallest absolute Gasteiger partial charge is 0.240 e.